The number of benzene rings is 1. The lowest BCUT2D eigenvalue weighted by molar-refractivity contribution is 0.309. The highest BCUT2D eigenvalue weighted by molar-refractivity contribution is 9.10. The van der Waals surface area contributed by atoms with Gasteiger partial charge in [-0.15, -0.1) is 0 Å². The van der Waals surface area contributed by atoms with Gasteiger partial charge in [-0.05, 0) is 55.4 Å². The van der Waals surface area contributed by atoms with Crippen LogP contribution in [0.1, 0.15) is 42.9 Å². The highest BCUT2D eigenvalue weighted by Gasteiger charge is 2.32. The smallest absolute Gasteiger partial charge is 0.150 e. The number of nitrogens with two attached hydrogens (primary N) is 1. The number of halogens is 1. The highest BCUT2D eigenvalue weighted by atomic mass is 79.9. The van der Waals surface area contributed by atoms with Crippen molar-refractivity contribution in [3.63, 3.8) is 0 Å². The van der Waals surface area contributed by atoms with Crippen molar-refractivity contribution in [3.05, 3.63) is 33.8 Å². The van der Waals surface area contributed by atoms with E-state index in [1.54, 1.807) is 0 Å². The van der Waals surface area contributed by atoms with Crippen LogP contribution in [0.2, 0.25) is 0 Å². The van der Waals surface area contributed by atoms with Gasteiger partial charge in [0, 0.05) is 16.8 Å². The Labute approximate surface area is 130 Å². The van der Waals surface area contributed by atoms with Crippen molar-refractivity contribution in [2.24, 2.45) is 11.7 Å². The molecule has 1 aromatic rings. The fourth-order valence-corrected chi connectivity index (χ4v) is 4.94. The standard InChI is InChI=1S/C15H22BrNO2S/c1-10-6-12(8-13(16)7-10)15(17)11-4-3-5-14(9-11)20(2,18)19/h6-8,11,14-15H,3-5,9,17H2,1-2H3. The van der Waals surface area contributed by atoms with E-state index in [-0.39, 0.29) is 17.2 Å². The van der Waals surface area contributed by atoms with E-state index in [4.69, 9.17) is 5.73 Å². The van der Waals surface area contributed by atoms with Gasteiger partial charge in [0.2, 0.25) is 0 Å². The molecule has 1 fully saturated rings. The minimum atomic E-state index is -2.96. The molecule has 20 heavy (non-hydrogen) atoms. The van der Waals surface area contributed by atoms with Crippen molar-refractivity contribution >= 4 is 25.8 Å². The van der Waals surface area contributed by atoms with Crippen LogP contribution in [0.15, 0.2) is 22.7 Å². The molecule has 0 heterocycles. The van der Waals surface area contributed by atoms with Gasteiger partial charge >= 0.3 is 0 Å². The van der Waals surface area contributed by atoms with Crippen LogP contribution in [-0.2, 0) is 9.84 Å². The first-order valence-corrected chi connectivity index (χ1v) is 9.73. The predicted octanol–water partition coefficient (Wildman–Crippen LogP) is 3.36. The molecule has 3 atom stereocenters. The average molecular weight is 360 g/mol. The van der Waals surface area contributed by atoms with Crippen molar-refractivity contribution in [3.8, 4) is 0 Å². The topological polar surface area (TPSA) is 60.2 Å². The van der Waals surface area contributed by atoms with Gasteiger partial charge in [0.15, 0.2) is 0 Å². The van der Waals surface area contributed by atoms with Crippen molar-refractivity contribution < 1.29 is 8.42 Å². The molecule has 0 bridgehead atoms. The Hall–Kier alpha value is -0.390. The Kier molecular flexibility index (Phi) is 4.92. The van der Waals surface area contributed by atoms with Gasteiger partial charge in [0.25, 0.3) is 0 Å². The molecule has 2 rings (SSSR count). The van der Waals surface area contributed by atoms with E-state index in [1.807, 2.05) is 13.0 Å². The highest BCUT2D eigenvalue weighted by Crippen LogP contribution is 2.36. The van der Waals surface area contributed by atoms with E-state index in [2.05, 4.69) is 28.1 Å². The molecule has 1 aromatic carbocycles. The summed E-state index contributed by atoms with van der Waals surface area (Å²) in [6, 6.07) is 6.10. The lowest BCUT2D eigenvalue weighted by atomic mass is 9.81. The summed E-state index contributed by atoms with van der Waals surface area (Å²) in [5.41, 5.74) is 8.66. The molecule has 2 N–H and O–H groups in total. The maximum absolute atomic E-state index is 11.8. The van der Waals surface area contributed by atoms with Gasteiger partial charge in [-0.25, -0.2) is 8.42 Å². The second kappa shape index (κ2) is 6.16. The lowest BCUT2D eigenvalue weighted by Crippen LogP contribution is -2.33. The molecule has 1 aliphatic rings. The normalized spacial score (nSPS) is 25.4. The predicted molar refractivity (Wildman–Crippen MR) is 86.4 cm³/mol. The number of aryl methyl sites for hydroxylation is 1. The van der Waals surface area contributed by atoms with Crippen molar-refractivity contribution in [2.45, 2.75) is 43.9 Å². The fraction of sp³-hybridized carbons (Fsp3) is 0.600. The second-order valence-electron chi connectivity index (χ2n) is 5.97. The zero-order chi connectivity index (χ0) is 14.9. The Morgan fingerprint density at radius 2 is 2.00 bits per heavy atom. The second-order valence-corrected chi connectivity index (χ2v) is 9.21. The molecule has 0 aliphatic heterocycles. The van der Waals surface area contributed by atoms with Gasteiger partial charge in [-0.2, -0.15) is 0 Å². The molecule has 1 saturated carbocycles. The monoisotopic (exact) mass is 359 g/mol. The number of rotatable bonds is 3. The molecule has 0 aromatic heterocycles. The van der Waals surface area contributed by atoms with Crippen LogP contribution in [-0.4, -0.2) is 19.9 Å². The summed E-state index contributed by atoms with van der Waals surface area (Å²) < 4.78 is 24.5. The third-order valence-corrected chi connectivity index (χ3v) is 6.33. The molecule has 0 spiro atoms. The van der Waals surface area contributed by atoms with Crippen LogP contribution >= 0.6 is 15.9 Å². The van der Waals surface area contributed by atoms with Crippen LogP contribution in [0.3, 0.4) is 0 Å². The zero-order valence-corrected chi connectivity index (χ0v) is 14.4. The lowest BCUT2D eigenvalue weighted by Gasteiger charge is -2.32. The van der Waals surface area contributed by atoms with E-state index in [0.717, 1.165) is 29.3 Å². The Morgan fingerprint density at radius 3 is 2.60 bits per heavy atom. The van der Waals surface area contributed by atoms with Gasteiger partial charge in [-0.1, -0.05) is 28.4 Å². The maximum atomic E-state index is 11.8. The first kappa shape index (κ1) is 16.0. The summed E-state index contributed by atoms with van der Waals surface area (Å²) in [6.45, 7) is 2.04. The fourth-order valence-electron chi connectivity index (χ4n) is 3.13. The van der Waals surface area contributed by atoms with E-state index in [0.29, 0.717) is 6.42 Å². The van der Waals surface area contributed by atoms with E-state index in [9.17, 15) is 8.42 Å². The third kappa shape index (κ3) is 3.83. The molecule has 0 amide bonds. The molecule has 5 heteroatoms. The van der Waals surface area contributed by atoms with Crippen molar-refractivity contribution in [2.75, 3.05) is 6.26 Å². The van der Waals surface area contributed by atoms with Crippen LogP contribution in [0, 0.1) is 12.8 Å². The van der Waals surface area contributed by atoms with Crippen molar-refractivity contribution in [1.29, 1.82) is 0 Å². The first-order chi connectivity index (χ1) is 9.27. The Bertz CT molecular complexity index is 565. The SMILES string of the molecule is Cc1cc(Br)cc(C(N)C2CCCC(S(C)(=O)=O)C2)c1. The summed E-state index contributed by atoms with van der Waals surface area (Å²) in [4.78, 5) is 0. The first-order valence-electron chi connectivity index (χ1n) is 6.99. The number of hydrogen-bond acceptors (Lipinski definition) is 3. The average Bonchev–Trinajstić information content (AvgIpc) is 2.36. The molecular formula is C15H22BrNO2S. The minimum absolute atomic E-state index is 0.0873. The molecule has 1 aliphatic carbocycles. The minimum Gasteiger partial charge on any atom is -0.324 e. The summed E-state index contributed by atoms with van der Waals surface area (Å²) in [6.07, 6.45) is 4.77. The summed E-state index contributed by atoms with van der Waals surface area (Å²) in [5, 5.41) is -0.222. The van der Waals surface area contributed by atoms with Crippen LogP contribution in [0.4, 0.5) is 0 Å². The quantitative estimate of drug-likeness (QED) is 0.899. The maximum Gasteiger partial charge on any atom is 0.150 e. The largest absolute Gasteiger partial charge is 0.324 e. The van der Waals surface area contributed by atoms with Crippen molar-refractivity contribution in [1.82, 2.24) is 0 Å². The summed E-state index contributed by atoms with van der Waals surface area (Å²) in [7, 11) is -2.96. The van der Waals surface area contributed by atoms with Crippen LogP contribution in [0.25, 0.3) is 0 Å². The van der Waals surface area contributed by atoms with Crippen LogP contribution in [0.5, 0.6) is 0 Å². The van der Waals surface area contributed by atoms with Gasteiger partial charge < -0.3 is 5.73 Å². The van der Waals surface area contributed by atoms with E-state index >= 15 is 0 Å². The Balaban J connectivity index is 2.18. The molecule has 3 unspecified atom stereocenters. The number of sulfone groups is 1. The molecule has 0 radical (unpaired) electrons. The van der Waals surface area contributed by atoms with Crippen LogP contribution < -0.4 is 5.73 Å². The van der Waals surface area contributed by atoms with E-state index < -0.39 is 9.84 Å². The molecule has 112 valence electrons. The summed E-state index contributed by atoms with van der Waals surface area (Å²) >= 11 is 3.50. The van der Waals surface area contributed by atoms with Gasteiger partial charge in [0.05, 0.1) is 5.25 Å². The number of hydrogen-bond donors (Lipinski definition) is 1. The van der Waals surface area contributed by atoms with E-state index in [1.165, 1.54) is 11.8 Å². The molecular weight excluding hydrogens is 338 g/mol. The van der Waals surface area contributed by atoms with Gasteiger partial charge in [-0.3, -0.25) is 0 Å². The third-order valence-electron chi connectivity index (χ3n) is 4.23. The zero-order valence-electron chi connectivity index (χ0n) is 12.0. The van der Waals surface area contributed by atoms with Gasteiger partial charge in [0.1, 0.15) is 9.84 Å². The molecule has 0 saturated heterocycles. The molecule has 3 nitrogen and oxygen atoms in total. The Morgan fingerprint density at radius 1 is 1.30 bits per heavy atom. The summed E-state index contributed by atoms with van der Waals surface area (Å²) in [5.74, 6) is 0.247.